The van der Waals surface area contributed by atoms with Gasteiger partial charge in [0.25, 0.3) is 5.91 Å². The molecule has 1 aliphatic heterocycles. The van der Waals surface area contributed by atoms with Crippen molar-refractivity contribution in [2.45, 2.75) is 20.3 Å². The van der Waals surface area contributed by atoms with Gasteiger partial charge < -0.3 is 19.7 Å². The lowest BCUT2D eigenvalue weighted by Gasteiger charge is -2.17. The monoisotopic (exact) mass is 458 g/mol. The summed E-state index contributed by atoms with van der Waals surface area (Å²) < 4.78 is 10.0. The third-order valence-electron chi connectivity index (χ3n) is 4.95. The summed E-state index contributed by atoms with van der Waals surface area (Å²) in [6, 6.07) is 11.4. The van der Waals surface area contributed by atoms with Crippen LogP contribution < -0.4 is 10.2 Å². The van der Waals surface area contributed by atoms with Gasteiger partial charge in [0.15, 0.2) is 6.61 Å². The minimum Gasteiger partial charge on any atom is -0.462 e. The van der Waals surface area contributed by atoms with E-state index in [1.54, 1.807) is 49.4 Å². The van der Waals surface area contributed by atoms with Crippen molar-refractivity contribution in [1.82, 2.24) is 0 Å². The van der Waals surface area contributed by atoms with Crippen LogP contribution in [0.25, 0.3) is 0 Å². The second-order valence-electron chi connectivity index (χ2n) is 7.29. The lowest BCUT2D eigenvalue weighted by Crippen LogP contribution is -2.28. The average molecular weight is 459 g/mol. The fourth-order valence-corrected chi connectivity index (χ4v) is 3.41. The van der Waals surface area contributed by atoms with Crippen LogP contribution in [0.15, 0.2) is 42.5 Å². The van der Waals surface area contributed by atoms with Crippen LogP contribution in [0.3, 0.4) is 0 Å². The summed E-state index contributed by atoms with van der Waals surface area (Å²) in [5.74, 6) is -2.50. The Morgan fingerprint density at radius 1 is 1.12 bits per heavy atom. The van der Waals surface area contributed by atoms with Gasteiger partial charge in [-0.3, -0.25) is 14.4 Å². The highest BCUT2D eigenvalue weighted by Crippen LogP contribution is 2.26. The van der Waals surface area contributed by atoms with E-state index >= 15 is 0 Å². The fraction of sp³-hybridized carbons (Fsp3) is 0.304. The number of aryl methyl sites for hydroxylation is 1. The van der Waals surface area contributed by atoms with Crippen molar-refractivity contribution < 1.29 is 28.7 Å². The van der Waals surface area contributed by atoms with Gasteiger partial charge in [-0.05, 0) is 55.8 Å². The molecule has 9 heteroatoms. The van der Waals surface area contributed by atoms with Crippen molar-refractivity contribution >= 4 is 46.7 Å². The van der Waals surface area contributed by atoms with Crippen molar-refractivity contribution in [3.05, 3.63) is 58.6 Å². The molecule has 3 rings (SSSR count). The molecule has 2 aromatic carbocycles. The highest BCUT2D eigenvalue weighted by Gasteiger charge is 2.36. The number of anilines is 2. The van der Waals surface area contributed by atoms with E-state index in [1.807, 2.05) is 6.92 Å². The molecule has 0 aromatic heterocycles. The highest BCUT2D eigenvalue weighted by atomic mass is 35.5. The molecule has 1 fully saturated rings. The van der Waals surface area contributed by atoms with E-state index < -0.39 is 30.4 Å². The molecule has 1 N–H and O–H groups in total. The van der Waals surface area contributed by atoms with Gasteiger partial charge in [-0.15, -0.1) is 0 Å². The number of carbonyl (C=O) groups excluding carboxylic acids is 4. The Balaban J connectivity index is 1.52. The quantitative estimate of drug-likeness (QED) is 0.638. The zero-order chi connectivity index (χ0) is 23.3. The number of hydrogen-bond acceptors (Lipinski definition) is 6. The van der Waals surface area contributed by atoms with Gasteiger partial charge in [0.1, 0.15) is 0 Å². The van der Waals surface area contributed by atoms with Gasteiger partial charge in [0.05, 0.1) is 18.1 Å². The van der Waals surface area contributed by atoms with Crippen LogP contribution in [0.5, 0.6) is 0 Å². The second kappa shape index (κ2) is 10.3. The Morgan fingerprint density at radius 3 is 2.50 bits per heavy atom. The normalized spacial score (nSPS) is 15.4. The Kier molecular flexibility index (Phi) is 7.48. The number of nitrogens with one attached hydrogen (secondary N) is 1. The van der Waals surface area contributed by atoms with Crippen LogP contribution in [0.2, 0.25) is 5.02 Å². The van der Waals surface area contributed by atoms with E-state index in [9.17, 15) is 19.2 Å². The molecule has 168 valence electrons. The minimum atomic E-state index is -0.686. The predicted molar refractivity (Wildman–Crippen MR) is 119 cm³/mol. The standard InChI is InChI=1S/C23H23ClN2O6/c1-3-31-22(29)15-5-8-18(9-6-15)26-12-16(10-21(26)28)23(30)32-13-20(27)25-17-7-4-14(2)19(24)11-17/h4-9,11,16H,3,10,12-13H2,1-2H3,(H,25,27)/t16-/m1/s1. The molecule has 1 atom stereocenters. The largest absolute Gasteiger partial charge is 0.462 e. The first-order chi connectivity index (χ1) is 15.3. The van der Waals surface area contributed by atoms with E-state index in [4.69, 9.17) is 21.1 Å². The molecule has 8 nitrogen and oxygen atoms in total. The summed E-state index contributed by atoms with van der Waals surface area (Å²) in [6.45, 7) is 3.49. The molecule has 2 aromatic rings. The SMILES string of the molecule is CCOC(=O)c1ccc(N2C[C@H](C(=O)OCC(=O)Nc3ccc(C)c(Cl)c3)CC2=O)cc1. The van der Waals surface area contributed by atoms with E-state index in [0.717, 1.165) is 5.56 Å². The van der Waals surface area contributed by atoms with Crippen LogP contribution in [-0.2, 0) is 23.9 Å². The first kappa shape index (κ1) is 23.3. The Morgan fingerprint density at radius 2 is 1.84 bits per heavy atom. The van der Waals surface area contributed by atoms with E-state index in [2.05, 4.69) is 5.32 Å². The Bertz CT molecular complexity index is 1040. The zero-order valence-corrected chi connectivity index (χ0v) is 18.5. The number of benzene rings is 2. The van der Waals surface area contributed by atoms with Gasteiger partial charge in [-0.2, -0.15) is 0 Å². The molecule has 0 saturated carbocycles. The number of ether oxygens (including phenoxy) is 2. The molecule has 0 aliphatic carbocycles. The first-order valence-electron chi connectivity index (χ1n) is 10.1. The van der Waals surface area contributed by atoms with E-state index in [0.29, 0.717) is 22.0 Å². The number of hydrogen-bond donors (Lipinski definition) is 1. The zero-order valence-electron chi connectivity index (χ0n) is 17.7. The average Bonchev–Trinajstić information content (AvgIpc) is 3.16. The smallest absolute Gasteiger partial charge is 0.338 e. The lowest BCUT2D eigenvalue weighted by molar-refractivity contribution is -0.151. The molecule has 1 aliphatic rings. The summed E-state index contributed by atoms with van der Waals surface area (Å²) in [5, 5.41) is 3.12. The molecular formula is C23H23ClN2O6. The number of nitrogens with zero attached hydrogens (tertiary/aromatic N) is 1. The molecule has 0 unspecified atom stereocenters. The van der Waals surface area contributed by atoms with Crippen LogP contribution in [0.1, 0.15) is 29.3 Å². The maximum absolute atomic E-state index is 12.4. The molecular weight excluding hydrogens is 436 g/mol. The maximum Gasteiger partial charge on any atom is 0.338 e. The number of carbonyl (C=O) groups is 4. The second-order valence-corrected chi connectivity index (χ2v) is 7.70. The van der Waals surface area contributed by atoms with Gasteiger partial charge in [0.2, 0.25) is 5.91 Å². The molecule has 0 radical (unpaired) electrons. The Hall–Kier alpha value is -3.39. The van der Waals surface area contributed by atoms with Crippen molar-refractivity contribution in [1.29, 1.82) is 0 Å². The first-order valence-corrected chi connectivity index (χ1v) is 10.5. The van der Waals surface area contributed by atoms with Crippen molar-refractivity contribution in [3.8, 4) is 0 Å². The summed E-state index contributed by atoms with van der Waals surface area (Å²) in [4.78, 5) is 50.0. The summed E-state index contributed by atoms with van der Waals surface area (Å²) in [7, 11) is 0. The molecule has 0 spiro atoms. The maximum atomic E-state index is 12.4. The van der Waals surface area contributed by atoms with Crippen molar-refractivity contribution in [2.24, 2.45) is 5.92 Å². The summed E-state index contributed by atoms with van der Waals surface area (Å²) in [6.07, 6.45) is -0.0202. The highest BCUT2D eigenvalue weighted by molar-refractivity contribution is 6.31. The topological polar surface area (TPSA) is 102 Å². The van der Waals surface area contributed by atoms with Crippen molar-refractivity contribution in [3.63, 3.8) is 0 Å². The van der Waals surface area contributed by atoms with Crippen LogP contribution in [-0.4, -0.2) is 43.5 Å². The number of rotatable bonds is 7. The summed E-state index contributed by atoms with van der Waals surface area (Å²) in [5.41, 5.74) is 2.31. The van der Waals surface area contributed by atoms with Crippen LogP contribution in [0.4, 0.5) is 11.4 Å². The van der Waals surface area contributed by atoms with Crippen molar-refractivity contribution in [2.75, 3.05) is 30.0 Å². The number of esters is 2. The molecule has 1 saturated heterocycles. The van der Waals surface area contributed by atoms with Crippen LogP contribution >= 0.6 is 11.6 Å². The third kappa shape index (κ3) is 5.64. The van der Waals surface area contributed by atoms with Gasteiger partial charge in [-0.25, -0.2) is 4.79 Å². The predicted octanol–water partition coefficient (Wildman–Crippen LogP) is 3.36. The van der Waals surface area contributed by atoms with Gasteiger partial charge >= 0.3 is 11.9 Å². The van der Waals surface area contributed by atoms with E-state index in [-0.39, 0.29) is 25.5 Å². The molecule has 32 heavy (non-hydrogen) atoms. The molecule has 2 amide bonds. The Labute approximate surface area is 190 Å². The third-order valence-corrected chi connectivity index (χ3v) is 5.36. The fourth-order valence-electron chi connectivity index (χ4n) is 3.23. The number of amides is 2. The van der Waals surface area contributed by atoms with Gasteiger partial charge in [-0.1, -0.05) is 17.7 Å². The lowest BCUT2D eigenvalue weighted by atomic mass is 10.1. The molecule has 0 bridgehead atoms. The number of halogens is 1. The van der Waals surface area contributed by atoms with Crippen LogP contribution in [0, 0.1) is 12.8 Å². The minimum absolute atomic E-state index is 0.0202. The van der Waals surface area contributed by atoms with E-state index in [1.165, 1.54) is 4.90 Å². The molecule has 1 heterocycles. The summed E-state index contributed by atoms with van der Waals surface area (Å²) >= 11 is 6.03. The van der Waals surface area contributed by atoms with Gasteiger partial charge in [0, 0.05) is 29.4 Å².